The summed E-state index contributed by atoms with van der Waals surface area (Å²) in [6.07, 6.45) is 4.76. The van der Waals surface area contributed by atoms with E-state index in [0.717, 1.165) is 24.8 Å². The molecule has 1 aliphatic heterocycles. The highest BCUT2D eigenvalue weighted by molar-refractivity contribution is 5.85. The summed E-state index contributed by atoms with van der Waals surface area (Å²) < 4.78 is 0. The maximum absolute atomic E-state index is 9.93. The van der Waals surface area contributed by atoms with E-state index in [1.807, 2.05) is 12.1 Å². The molecule has 0 spiro atoms. The molecule has 100 valence electrons. The topological polar surface area (TPSA) is 23.5 Å². The summed E-state index contributed by atoms with van der Waals surface area (Å²) in [5.41, 5.74) is 2.58. The van der Waals surface area contributed by atoms with Crippen LogP contribution in [0.1, 0.15) is 30.9 Å². The SMILES string of the molecule is CCCN1CC[C@H]2Cc3c(O)cccc3C[C@@H]21.Cl. The third-order valence-corrected chi connectivity index (χ3v) is 4.45. The molecule has 0 radical (unpaired) electrons. The van der Waals surface area contributed by atoms with E-state index in [0.29, 0.717) is 5.75 Å². The van der Waals surface area contributed by atoms with Gasteiger partial charge in [0.05, 0.1) is 0 Å². The van der Waals surface area contributed by atoms with Crippen molar-refractivity contribution in [2.24, 2.45) is 5.92 Å². The van der Waals surface area contributed by atoms with Gasteiger partial charge in [0.15, 0.2) is 0 Å². The van der Waals surface area contributed by atoms with E-state index >= 15 is 0 Å². The van der Waals surface area contributed by atoms with E-state index in [2.05, 4.69) is 17.9 Å². The normalized spacial score (nSPS) is 26.3. The van der Waals surface area contributed by atoms with Gasteiger partial charge in [-0.15, -0.1) is 12.4 Å². The van der Waals surface area contributed by atoms with Crippen molar-refractivity contribution in [3.63, 3.8) is 0 Å². The van der Waals surface area contributed by atoms with Gasteiger partial charge in [0.2, 0.25) is 0 Å². The van der Waals surface area contributed by atoms with Crippen LogP contribution in [0.4, 0.5) is 0 Å². The Morgan fingerprint density at radius 3 is 2.94 bits per heavy atom. The minimum absolute atomic E-state index is 0. The average molecular weight is 268 g/mol. The van der Waals surface area contributed by atoms with Crippen LogP contribution in [-0.2, 0) is 12.8 Å². The van der Waals surface area contributed by atoms with Crippen LogP contribution < -0.4 is 0 Å². The van der Waals surface area contributed by atoms with Crippen LogP contribution in [0.25, 0.3) is 0 Å². The quantitative estimate of drug-likeness (QED) is 0.890. The van der Waals surface area contributed by atoms with Crippen molar-refractivity contribution < 1.29 is 5.11 Å². The molecule has 1 heterocycles. The summed E-state index contributed by atoms with van der Waals surface area (Å²) in [6.45, 7) is 4.74. The molecule has 1 aliphatic carbocycles. The van der Waals surface area contributed by atoms with Crippen LogP contribution >= 0.6 is 12.4 Å². The van der Waals surface area contributed by atoms with Gasteiger partial charge < -0.3 is 5.11 Å². The molecule has 2 atom stereocenters. The molecule has 18 heavy (non-hydrogen) atoms. The average Bonchev–Trinajstić information content (AvgIpc) is 2.71. The number of likely N-dealkylation sites (tertiary alicyclic amines) is 1. The fourth-order valence-corrected chi connectivity index (χ4v) is 3.62. The second-order valence-electron chi connectivity index (χ2n) is 5.48. The second-order valence-corrected chi connectivity index (χ2v) is 5.48. The summed E-state index contributed by atoms with van der Waals surface area (Å²) in [7, 11) is 0. The Morgan fingerprint density at radius 1 is 1.33 bits per heavy atom. The van der Waals surface area contributed by atoms with Gasteiger partial charge in [-0.25, -0.2) is 0 Å². The first-order chi connectivity index (χ1) is 8.29. The van der Waals surface area contributed by atoms with E-state index in [9.17, 15) is 5.11 Å². The standard InChI is InChI=1S/C15H21NO.ClH/c1-2-7-16-8-6-12-9-13-11(10-14(12)16)4-3-5-15(13)17;/h3-5,12,14,17H,2,6-10H2,1H3;1H/t12-,14-;/m0./s1. The predicted molar refractivity (Wildman–Crippen MR) is 76.5 cm³/mol. The van der Waals surface area contributed by atoms with Crippen LogP contribution in [0.2, 0.25) is 0 Å². The summed E-state index contributed by atoms with van der Waals surface area (Å²) >= 11 is 0. The summed E-state index contributed by atoms with van der Waals surface area (Å²) in [4.78, 5) is 2.65. The number of fused-ring (bicyclic) bond motifs is 2. The second kappa shape index (κ2) is 5.50. The van der Waals surface area contributed by atoms with Crippen LogP contribution in [0, 0.1) is 5.92 Å². The molecule has 0 unspecified atom stereocenters. The van der Waals surface area contributed by atoms with E-state index in [1.165, 1.54) is 37.1 Å². The van der Waals surface area contributed by atoms with Crippen LogP contribution in [0.3, 0.4) is 0 Å². The van der Waals surface area contributed by atoms with Gasteiger partial charge in [-0.1, -0.05) is 19.1 Å². The van der Waals surface area contributed by atoms with E-state index < -0.39 is 0 Å². The summed E-state index contributed by atoms with van der Waals surface area (Å²) in [5.74, 6) is 1.28. The highest BCUT2D eigenvalue weighted by Gasteiger charge is 2.37. The molecule has 2 nitrogen and oxygen atoms in total. The summed E-state index contributed by atoms with van der Waals surface area (Å²) in [6, 6.07) is 6.73. The molecule has 0 bridgehead atoms. The van der Waals surface area contributed by atoms with Crippen molar-refractivity contribution in [1.82, 2.24) is 4.90 Å². The van der Waals surface area contributed by atoms with Gasteiger partial charge in [0.1, 0.15) is 5.75 Å². The highest BCUT2D eigenvalue weighted by Crippen LogP contribution is 2.38. The minimum atomic E-state index is 0. The third-order valence-electron chi connectivity index (χ3n) is 4.45. The lowest BCUT2D eigenvalue weighted by atomic mass is 9.80. The first kappa shape index (κ1) is 13.7. The molecular formula is C15H22ClNO. The number of hydrogen-bond donors (Lipinski definition) is 1. The van der Waals surface area contributed by atoms with Crippen molar-refractivity contribution in [2.45, 2.75) is 38.6 Å². The predicted octanol–water partition coefficient (Wildman–Crippen LogP) is 3.01. The van der Waals surface area contributed by atoms with Crippen molar-refractivity contribution in [3.8, 4) is 5.75 Å². The van der Waals surface area contributed by atoms with Crippen molar-refractivity contribution >= 4 is 12.4 Å². The van der Waals surface area contributed by atoms with Gasteiger partial charge in [-0.05, 0) is 61.9 Å². The number of phenols is 1. The first-order valence-electron chi connectivity index (χ1n) is 6.83. The number of nitrogens with zero attached hydrogens (tertiary/aromatic N) is 1. The zero-order valence-corrected chi connectivity index (χ0v) is 11.7. The molecule has 1 fully saturated rings. The third kappa shape index (κ3) is 2.24. The molecule has 0 aromatic heterocycles. The molecule has 1 saturated heterocycles. The van der Waals surface area contributed by atoms with Crippen LogP contribution in [-0.4, -0.2) is 29.1 Å². The zero-order valence-electron chi connectivity index (χ0n) is 10.9. The van der Waals surface area contributed by atoms with Gasteiger partial charge >= 0.3 is 0 Å². The number of halogens is 1. The number of benzene rings is 1. The van der Waals surface area contributed by atoms with Crippen molar-refractivity contribution in [3.05, 3.63) is 29.3 Å². The smallest absolute Gasteiger partial charge is 0.119 e. The summed E-state index contributed by atoms with van der Waals surface area (Å²) in [5, 5.41) is 9.93. The number of aromatic hydroxyl groups is 1. The minimum Gasteiger partial charge on any atom is -0.508 e. The molecular weight excluding hydrogens is 246 g/mol. The van der Waals surface area contributed by atoms with E-state index in [1.54, 1.807) is 0 Å². The largest absolute Gasteiger partial charge is 0.508 e. The Morgan fingerprint density at radius 2 is 2.17 bits per heavy atom. The Balaban J connectivity index is 0.00000120. The first-order valence-corrected chi connectivity index (χ1v) is 6.83. The zero-order chi connectivity index (χ0) is 11.8. The van der Waals surface area contributed by atoms with Gasteiger partial charge in [-0.3, -0.25) is 4.90 Å². The Kier molecular flexibility index (Phi) is 4.18. The molecule has 2 aliphatic rings. The van der Waals surface area contributed by atoms with Gasteiger partial charge in [0, 0.05) is 6.04 Å². The number of phenolic OH excluding ortho intramolecular Hbond substituents is 1. The molecule has 1 aromatic rings. The Labute approximate surface area is 115 Å². The molecule has 0 saturated carbocycles. The monoisotopic (exact) mass is 267 g/mol. The van der Waals surface area contributed by atoms with E-state index in [-0.39, 0.29) is 12.4 Å². The van der Waals surface area contributed by atoms with Crippen LogP contribution in [0.5, 0.6) is 5.75 Å². The molecule has 3 heteroatoms. The fraction of sp³-hybridized carbons (Fsp3) is 0.600. The van der Waals surface area contributed by atoms with Crippen molar-refractivity contribution in [2.75, 3.05) is 13.1 Å². The number of rotatable bonds is 2. The maximum Gasteiger partial charge on any atom is 0.119 e. The Hall–Kier alpha value is -0.730. The number of hydrogen-bond acceptors (Lipinski definition) is 2. The molecule has 0 amide bonds. The van der Waals surface area contributed by atoms with E-state index in [4.69, 9.17) is 0 Å². The molecule has 1 N–H and O–H groups in total. The maximum atomic E-state index is 9.93. The Bertz CT molecular complexity index is 421. The lowest BCUT2D eigenvalue weighted by Crippen LogP contribution is -2.38. The van der Waals surface area contributed by atoms with Crippen LogP contribution in [0.15, 0.2) is 18.2 Å². The highest BCUT2D eigenvalue weighted by atomic mass is 35.5. The molecule has 1 aromatic carbocycles. The molecule has 3 rings (SSSR count). The van der Waals surface area contributed by atoms with Gasteiger partial charge in [0.25, 0.3) is 0 Å². The lowest BCUT2D eigenvalue weighted by Gasteiger charge is -2.33. The van der Waals surface area contributed by atoms with Crippen molar-refractivity contribution in [1.29, 1.82) is 0 Å². The lowest BCUT2D eigenvalue weighted by molar-refractivity contribution is 0.215. The van der Waals surface area contributed by atoms with Gasteiger partial charge in [-0.2, -0.15) is 0 Å². The fourth-order valence-electron chi connectivity index (χ4n) is 3.62.